The lowest BCUT2D eigenvalue weighted by atomic mass is 9.99. The molecule has 0 spiro atoms. The van der Waals surface area contributed by atoms with E-state index < -0.39 is 24.6 Å². The molecule has 0 saturated carbocycles. The van der Waals surface area contributed by atoms with E-state index in [0.29, 0.717) is 25.3 Å². The molecule has 2 saturated heterocycles. The fourth-order valence-corrected chi connectivity index (χ4v) is 10.6. The number of nitrogens with zero attached hydrogens (tertiary/aromatic N) is 4. The maximum atomic E-state index is 13.9. The predicted octanol–water partition coefficient (Wildman–Crippen LogP) is 6.09. The maximum Gasteiger partial charge on any atom is 0.250 e. The summed E-state index contributed by atoms with van der Waals surface area (Å²) in [6, 6.07) is 13.4. The van der Waals surface area contributed by atoms with Gasteiger partial charge in [-0.2, -0.15) is 0 Å². The van der Waals surface area contributed by atoms with Crippen molar-refractivity contribution in [2.75, 3.05) is 19.7 Å². The normalized spacial score (nSPS) is 18.9. The van der Waals surface area contributed by atoms with Crippen LogP contribution in [0.1, 0.15) is 93.0 Å². The Labute approximate surface area is 344 Å². The molecule has 4 N–H and O–H groups in total. The van der Waals surface area contributed by atoms with Crippen LogP contribution in [0.15, 0.2) is 70.5 Å². The van der Waals surface area contributed by atoms with E-state index >= 15 is 0 Å². The summed E-state index contributed by atoms with van der Waals surface area (Å²) in [6.45, 7) is 5.71. The quantitative estimate of drug-likeness (QED) is 0.125. The number of imidazole rings is 1. The van der Waals surface area contributed by atoms with Gasteiger partial charge in [-0.1, -0.05) is 56.0 Å². The average molecular weight is 816 g/mol. The number of nitrogens with one attached hydrogen (secondary N) is 3. The van der Waals surface area contributed by atoms with Gasteiger partial charge in [-0.15, -0.1) is 22.7 Å². The maximum absolute atomic E-state index is 13.9. The zero-order valence-corrected chi connectivity index (χ0v) is 34.2. The van der Waals surface area contributed by atoms with Gasteiger partial charge in [-0.25, -0.2) is 4.98 Å². The Kier molecular flexibility index (Phi) is 11.3. The molecule has 2 unspecified atom stereocenters. The number of thiophene rings is 2. The molecule has 2 aromatic carbocycles. The van der Waals surface area contributed by atoms with Crippen molar-refractivity contribution in [2.45, 2.75) is 77.0 Å². The first-order valence-electron chi connectivity index (χ1n) is 19.7. The first kappa shape index (κ1) is 39.2. The van der Waals surface area contributed by atoms with Crippen LogP contribution >= 0.6 is 22.7 Å². The summed E-state index contributed by atoms with van der Waals surface area (Å²) in [5.41, 5.74) is 7.44. The van der Waals surface area contributed by atoms with E-state index in [0.717, 1.165) is 75.0 Å². The van der Waals surface area contributed by atoms with Crippen LogP contribution in [0, 0.1) is 17.8 Å². The first-order valence-corrected chi connectivity index (χ1v) is 21.4. The second kappa shape index (κ2) is 16.7. The highest BCUT2D eigenvalue weighted by Gasteiger charge is 2.39. The van der Waals surface area contributed by atoms with Gasteiger partial charge in [0.05, 0.1) is 38.1 Å². The molecule has 2 fully saturated rings. The minimum Gasteiger partial charge on any atom is -0.387 e. The Balaban J connectivity index is 0.949. The number of carbonyl (C=O) groups excluding carboxylic acids is 4. The monoisotopic (exact) mass is 815 g/mol. The third kappa shape index (κ3) is 7.81. The highest BCUT2D eigenvalue weighted by Crippen LogP contribution is 2.41. The molecule has 4 atom stereocenters. The second-order valence-electron chi connectivity index (χ2n) is 15.4. The van der Waals surface area contributed by atoms with Crippen LogP contribution in [0.4, 0.5) is 0 Å². The number of hydrogen-bond donors (Lipinski definition) is 4. The zero-order valence-electron chi connectivity index (χ0n) is 32.6. The van der Waals surface area contributed by atoms with Crippen LogP contribution in [0.5, 0.6) is 0 Å². The van der Waals surface area contributed by atoms with Gasteiger partial charge in [0, 0.05) is 60.2 Å². The number of likely N-dealkylation sites (tertiary alicyclic amines) is 2. The van der Waals surface area contributed by atoms with Crippen molar-refractivity contribution in [3.05, 3.63) is 93.6 Å². The summed E-state index contributed by atoms with van der Waals surface area (Å²) in [4.78, 5) is 68.4. The van der Waals surface area contributed by atoms with Gasteiger partial charge in [0.2, 0.25) is 23.6 Å². The number of aliphatic hydroxyl groups is 1. The lowest BCUT2D eigenvalue weighted by Crippen LogP contribution is -2.51. The Bertz CT molecular complexity index is 2520. The molecular weight excluding hydrogens is 771 g/mol. The van der Waals surface area contributed by atoms with Gasteiger partial charge in [0.1, 0.15) is 24.5 Å². The molecule has 3 aliphatic rings. The molecule has 8 rings (SSSR count). The third-order valence-electron chi connectivity index (χ3n) is 11.1. The molecule has 58 heavy (non-hydrogen) atoms. The zero-order chi connectivity index (χ0) is 40.5. The molecule has 3 aliphatic heterocycles. The Morgan fingerprint density at radius 3 is 2.41 bits per heavy atom. The van der Waals surface area contributed by atoms with Crippen molar-refractivity contribution in [3.8, 4) is 11.8 Å². The van der Waals surface area contributed by atoms with E-state index in [-0.39, 0.29) is 35.7 Å². The van der Waals surface area contributed by atoms with Crippen molar-refractivity contribution in [1.29, 1.82) is 0 Å². The van der Waals surface area contributed by atoms with Gasteiger partial charge in [0.15, 0.2) is 0 Å². The Morgan fingerprint density at radius 2 is 1.67 bits per heavy atom. The van der Waals surface area contributed by atoms with Crippen LogP contribution in [-0.4, -0.2) is 86.0 Å². The molecule has 0 radical (unpaired) electrons. The average Bonchev–Trinajstić information content (AvgIpc) is 4.08. The molecule has 14 heteroatoms. The van der Waals surface area contributed by atoms with Crippen molar-refractivity contribution >= 4 is 78.0 Å². The molecule has 3 aromatic heterocycles. The van der Waals surface area contributed by atoms with Gasteiger partial charge >= 0.3 is 0 Å². The molecule has 6 heterocycles. The topological polar surface area (TPSA) is 160 Å². The lowest BCUT2D eigenvalue weighted by Gasteiger charge is -2.30. The number of benzene rings is 2. The number of allylic oxidation sites excluding steroid dienone is 1. The van der Waals surface area contributed by atoms with Crippen molar-refractivity contribution in [2.24, 2.45) is 10.9 Å². The highest BCUT2D eigenvalue weighted by atomic mass is 32.1. The fraction of sp³-hybridized carbons (Fsp3) is 0.364. The number of H-pyrrole nitrogens is 1. The number of rotatable bonds is 10. The lowest BCUT2D eigenvalue weighted by molar-refractivity contribution is -0.139. The molecule has 298 valence electrons. The van der Waals surface area contributed by atoms with Crippen molar-refractivity contribution < 1.29 is 24.3 Å². The van der Waals surface area contributed by atoms with E-state index in [1.54, 1.807) is 27.6 Å². The van der Waals surface area contributed by atoms with Crippen LogP contribution in [-0.2, 0) is 19.2 Å². The first-order chi connectivity index (χ1) is 28.1. The summed E-state index contributed by atoms with van der Waals surface area (Å²) < 4.78 is 2.30. The number of aromatic nitrogens is 2. The predicted molar refractivity (Wildman–Crippen MR) is 227 cm³/mol. The number of hydrogen-bond acceptors (Lipinski definition) is 9. The van der Waals surface area contributed by atoms with Crippen molar-refractivity contribution in [1.82, 2.24) is 30.4 Å². The summed E-state index contributed by atoms with van der Waals surface area (Å²) in [7, 11) is 0. The summed E-state index contributed by atoms with van der Waals surface area (Å²) >= 11 is 3.35. The van der Waals surface area contributed by atoms with Crippen LogP contribution in [0.25, 0.3) is 26.0 Å². The van der Waals surface area contributed by atoms with E-state index in [1.165, 1.54) is 11.6 Å². The van der Waals surface area contributed by atoms with E-state index in [2.05, 4.69) is 38.2 Å². The van der Waals surface area contributed by atoms with Gasteiger partial charge in [-0.05, 0) is 60.9 Å². The highest BCUT2D eigenvalue weighted by molar-refractivity contribution is 7.26. The summed E-state index contributed by atoms with van der Waals surface area (Å²) in [6.07, 6.45) is 5.90. The number of aliphatic hydroxyl groups excluding tert-OH is 1. The van der Waals surface area contributed by atoms with Crippen molar-refractivity contribution in [3.63, 3.8) is 0 Å². The number of amides is 4. The third-order valence-corrected chi connectivity index (χ3v) is 13.3. The minimum absolute atomic E-state index is 0.109. The molecule has 0 bridgehead atoms. The largest absolute Gasteiger partial charge is 0.387 e. The van der Waals surface area contributed by atoms with Crippen LogP contribution in [0.2, 0.25) is 0 Å². The standard InChI is InChI=1S/C44H45N7O5S2/c1-25(2)38(49-37(54)22-52)43(55)51-18-8-12-36(51)42-47-32-16-14-27(19-33(32)48-42)13-15-29-23-57-41-31(24-58-40(29)41)30-20-34(45-21-30)35-11-7-17-50(35)44(56)39(46-26(3)53)28-9-5-4-6-10-28/h4-6,9-10,14,16,19,21,23-25,35-36,38-39,52H,7-8,11-12,17-18,20,22H2,1-3H3,(H,46,53)(H,47,48)(H,49,54)/t35?,36?,38-,39-/m1/s1. The number of aliphatic imine (C=N–C) groups is 1. The van der Waals surface area contributed by atoms with E-state index in [4.69, 9.17) is 9.98 Å². The molecule has 4 amide bonds. The Morgan fingerprint density at radius 1 is 0.931 bits per heavy atom. The van der Waals surface area contributed by atoms with Crippen LogP contribution in [0.3, 0.4) is 0 Å². The number of aromatic amines is 1. The van der Waals surface area contributed by atoms with Crippen LogP contribution < -0.4 is 10.6 Å². The molecule has 5 aromatic rings. The Hall–Kier alpha value is -5.62. The smallest absolute Gasteiger partial charge is 0.250 e. The molecule has 12 nitrogen and oxygen atoms in total. The summed E-state index contributed by atoms with van der Waals surface area (Å²) in [5.74, 6) is 6.21. The SMILES string of the molecule is CC(=O)N[C@@H](C(=O)N1CCCC1C1=NC=C(c2csc3c(C#Cc4ccc5nc(C6CCCN6C(=O)[C@H](NC(=O)CO)C(C)C)[nH]c5c4)csc23)C1)c1ccccc1. The van der Waals surface area contributed by atoms with Gasteiger partial charge < -0.3 is 30.5 Å². The number of carbonyl (C=O) groups is 4. The van der Waals surface area contributed by atoms with E-state index in [9.17, 15) is 24.3 Å². The second-order valence-corrected chi connectivity index (χ2v) is 17.1. The van der Waals surface area contributed by atoms with Gasteiger partial charge in [-0.3, -0.25) is 24.2 Å². The minimum atomic E-state index is -0.742. The van der Waals surface area contributed by atoms with E-state index in [1.807, 2.05) is 73.5 Å². The fourth-order valence-electron chi connectivity index (χ4n) is 8.25. The molecule has 0 aliphatic carbocycles. The number of fused-ring (bicyclic) bond motifs is 2. The van der Waals surface area contributed by atoms with Gasteiger partial charge in [0.25, 0.3) is 0 Å². The summed E-state index contributed by atoms with van der Waals surface area (Å²) in [5, 5.41) is 19.1. The molecular formula is C44H45N7O5S2.